The number of hydrogen-bond donors (Lipinski definition) is 2. The van der Waals surface area contributed by atoms with Gasteiger partial charge in [-0.2, -0.15) is 15.0 Å². The van der Waals surface area contributed by atoms with Gasteiger partial charge in [-0.05, 0) is 12.8 Å². The number of nitrogens with one attached hydrogen (secondary N) is 2. The van der Waals surface area contributed by atoms with Crippen molar-refractivity contribution >= 4 is 17.8 Å². The maximum atomic E-state index is 11.8. The average Bonchev–Trinajstić information content (AvgIpc) is 2.45. The molecule has 0 atom stereocenters. The minimum atomic E-state index is -0.0735. The molecule has 0 unspecified atom stereocenters. The van der Waals surface area contributed by atoms with Gasteiger partial charge in [-0.25, -0.2) is 0 Å². The summed E-state index contributed by atoms with van der Waals surface area (Å²) in [5.74, 6) is 1.15. The monoisotopic (exact) mass is 296 g/mol. The van der Waals surface area contributed by atoms with E-state index >= 15 is 0 Å². The fraction of sp³-hybridized carbons (Fsp3) is 0.692. The highest BCUT2D eigenvalue weighted by Crippen LogP contribution is 2.13. The van der Waals surface area contributed by atoms with Crippen LogP contribution in [0.3, 0.4) is 0 Å². The summed E-state index contributed by atoms with van der Waals surface area (Å²) in [5.41, 5.74) is 0. The van der Waals surface area contributed by atoms with Crippen LogP contribution in [0.2, 0.25) is 0 Å². The van der Waals surface area contributed by atoms with Gasteiger partial charge in [-0.15, -0.1) is 0 Å². The molecule has 0 radical (unpaired) electrons. The van der Waals surface area contributed by atoms with Crippen LogP contribution in [-0.2, 0) is 4.79 Å². The van der Waals surface area contributed by atoms with Crippen molar-refractivity contribution in [2.24, 2.45) is 5.92 Å². The molecule has 1 amide bonds. The molecule has 1 rings (SSSR count). The normalized spacial score (nSPS) is 10.4. The minimum absolute atomic E-state index is 0.0735. The standard InChI is InChI=1S/C13H24N6O2/c1-6-14-11-16-12(18-13(17-11)21-5)19(4)8-10(20)15-7-9(2)3/h9H,6-8H2,1-5H3,(H,15,20)(H,14,16,17,18). The van der Waals surface area contributed by atoms with Crippen LogP contribution in [0, 0.1) is 5.92 Å². The molecular weight excluding hydrogens is 272 g/mol. The van der Waals surface area contributed by atoms with Crippen molar-refractivity contribution in [3.05, 3.63) is 0 Å². The van der Waals surface area contributed by atoms with Crippen molar-refractivity contribution in [2.75, 3.05) is 44.0 Å². The molecule has 1 aromatic rings. The Kier molecular flexibility index (Phi) is 6.64. The largest absolute Gasteiger partial charge is 0.467 e. The van der Waals surface area contributed by atoms with Gasteiger partial charge in [0.15, 0.2) is 0 Å². The van der Waals surface area contributed by atoms with Crippen molar-refractivity contribution in [1.82, 2.24) is 20.3 Å². The van der Waals surface area contributed by atoms with Gasteiger partial charge in [0.25, 0.3) is 0 Å². The summed E-state index contributed by atoms with van der Waals surface area (Å²) in [6, 6.07) is 0.213. The van der Waals surface area contributed by atoms with E-state index in [4.69, 9.17) is 4.74 Å². The molecule has 0 aliphatic rings. The van der Waals surface area contributed by atoms with Gasteiger partial charge < -0.3 is 20.3 Å². The Morgan fingerprint density at radius 2 is 2.05 bits per heavy atom. The second kappa shape index (κ2) is 8.23. The fourth-order valence-corrected chi connectivity index (χ4v) is 1.51. The van der Waals surface area contributed by atoms with Crippen LogP contribution in [0.15, 0.2) is 0 Å². The lowest BCUT2D eigenvalue weighted by atomic mass is 10.2. The molecule has 0 bridgehead atoms. The van der Waals surface area contributed by atoms with E-state index in [1.165, 1.54) is 7.11 Å². The molecule has 0 fully saturated rings. The second-order valence-electron chi connectivity index (χ2n) is 5.03. The van der Waals surface area contributed by atoms with Crippen LogP contribution >= 0.6 is 0 Å². The third kappa shape index (κ3) is 5.80. The van der Waals surface area contributed by atoms with Crippen LogP contribution in [-0.4, -0.2) is 54.7 Å². The highest BCUT2D eigenvalue weighted by Gasteiger charge is 2.13. The summed E-state index contributed by atoms with van der Waals surface area (Å²) in [6.07, 6.45) is 0. The Morgan fingerprint density at radius 3 is 2.62 bits per heavy atom. The maximum absolute atomic E-state index is 11.8. The molecule has 0 aromatic carbocycles. The number of nitrogens with zero attached hydrogens (tertiary/aromatic N) is 4. The van der Waals surface area contributed by atoms with Crippen molar-refractivity contribution in [3.63, 3.8) is 0 Å². The third-order valence-corrected chi connectivity index (χ3v) is 2.55. The molecule has 0 spiro atoms. The third-order valence-electron chi connectivity index (χ3n) is 2.55. The topological polar surface area (TPSA) is 92.3 Å². The quantitative estimate of drug-likeness (QED) is 0.722. The van der Waals surface area contributed by atoms with Gasteiger partial charge in [0.2, 0.25) is 17.8 Å². The minimum Gasteiger partial charge on any atom is -0.467 e. The molecule has 0 aliphatic carbocycles. The Labute approximate surface area is 125 Å². The highest BCUT2D eigenvalue weighted by molar-refractivity contribution is 5.80. The molecule has 0 saturated carbocycles. The predicted molar refractivity (Wildman–Crippen MR) is 81.7 cm³/mol. The molecule has 1 heterocycles. The Morgan fingerprint density at radius 1 is 1.33 bits per heavy atom. The number of aromatic nitrogens is 3. The van der Waals surface area contributed by atoms with E-state index in [0.717, 1.165) is 0 Å². The van der Waals surface area contributed by atoms with Crippen molar-refractivity contribution in [3.8, 4) is 6.01 Å². The summed E-state index contributed by atoms with van der Waals surface area (Å²) in [6.45, 7) is 7.54. The van der Waals surface area contributed by atoms with Gasteiger partial charge in [0.1, 0.15) is 0 Å². The molecule has 8 nitrogen and oxygen atoms in total. The molecule has 2 N–H and O–H groups in total. The summed E-state index contributed by atoms with van der Waals surface area (Å²) >= 11 is 0. The number of ether oxygens (including phenoxy) is 1. The van der Waals surface area contributed by atoms with E-state index in [0.29, 0.717) is 30.9 Å². The number of amides is 1. The zero-order valence-electron chi connectivity index (χ0n) is 13.3. The van der Waals surface area contributed by atoms with Gasteiger partial charge in [0, 0.05) is 20.1 Å². The van der Waals surface area contributed by atoms with E-state index in [1.807, 2.05) is 20.8 Å². The SMILES string of the molecule is CCNc1nc(OC)nc(N(C)CC(=O)NCC(C)C)n1. The van der Waals surface area contributed by atoms with Gasteiger partial charge in [0.05, 0.1) is 13.7 Å². The number of hydrogen-bond acceptors (Lipinski definition) is 7. The fourth-order valence-electron chi connectivity index (χ4n) is 1.51. The molecule has 21 heavy (non-hydrogen) atoms. The van der Waals surface area contributed by atoms with Crippen LogP contribution in [0.4, 0.5) is 11.9 Å². The van der Waals surface area contributed by atoms with Crippen molar-refractivity contribution in [1.29, 1.82) is 0 Å². The van der Waals surface area contributed by atoms with E-state index in [2.05, 4.69) is 25.6 Å². The molecule has 0 saturated heterocycles. The van der Waals surface area contributed by atoms with Crippen LogP contribution in [0.25, 0.3) is 0 Å². The lowest BCUT2D eigenvalue weighted by Crippen LogP contribution is -2.37. The Bertz CT molecular complexity index is 466. The summed E-state index contributed by atoms with van der Waals surface area (Å²) < 4.78 is 5.05. The molecule has 118 valence electrons. The highest BCUT2D eigenvalue weighted by atomic mass is 16.5. The zero-order chi connectivity index (χ0) is 15.8. The zero-order valence-corrected chi connectivity index (χ0v) is 13.3. The van der Waals surface area contributed by atoms with E-state index in [-0.39, 0.29) is 18.5 Å². The number of carbonyl (C=O) groups excluding carboxylic acids is 1. The summed E-state index contributed by atoms with van der Waals surface area (Å²) in [5, 5.41) is 5.85. The number of anilines is 2. The van der Waals surface area contributed by atoms with Crippen molar-refractivity contribution < 1.29 is 9.53 Å². The number of carbonyl (C=O) groups is 1. The van der Waals surface area contributed by atoms with E-state index in [1.54, 1.807) is 11.9 Å². The van der Waals surface area contributed by atoms with E-state index in [9.17, 15) is 4.79 Å². The van der Waals surface area contributed by atoms with Gasteiger partial charge in [-0.3, -0.25) is 4.79 Å². The summed E-state index contributed by atoms with van der Waals surface area (Å²) in [4.78, 5) is 26.0. The first-order valence-electron chi connectivity index (χ1n) is 6.98. The average molecular weight is 296 g/mol. The first-order chi connectivity index (χ1) is 9.96. The molecule has 0 aliphatic heterocycles. The van der Waals surface area contributed by atoms with Crippen LogP contribution in [0.1, 0.15) is 20.8 Å². The van der Waals surface area contributed by atoms with Crippen molar-refractivity contribution in [2.45, 2.75) is 20.8 Å². The number of likely N-dealkylation sites (N-methyl/N-ethyl adjacent to an activating group) is 1. The summed E-state index contributed by atoms with van der Waals surface area (Å²) in [7, 11) is 3.24. The molecule has 1 aromatic heterocycles. The maximum Gasteiger partial charge on any atom is 0.322 e. The number of methoxy groups -OCH3 is 1. The smallest absolute Gasteiger partial charge is 0.322 e. The second-order valence-corrected chi connectivity index (χ2v) is 5.03. The molecule has 8 heteroatoms. The van der Waals surface area contributed by atoms with E-state index < -0.39 is 0 Å². The first kappa shape index (κ1) is 16.9. The van der Waals surface area contributed by atoms with Crippen LogP contribution in [0.5, 0.6) is 6.01 Å². The van der Waals surface area contributed by atoms with Gasteiger partial charge >= 0.3 is 6.01 Å². The Hall–Kier alpha value is -2.12. The Balaban J connectivity index is 2.74. The van der Waals surface area contributed by atoms with Gasteiger partial charge in [-0.1, -0.05) is 13.8 Å². The predicted octanol–water partition coefficient (Wildman–Crippen LogP) is 0.520. The molecular formula is C13H24N6O2. The number of rotatable bonds is 8. The van der Waals surface area contributed by atoms with Crippen LogP contribution < -0.4 is 20.3 Å². The lowest BCUT2D eigenvalue weighted by Gasteiger charge is -2.18. The lowest BCUT2D eigenvalue weighted by molar-refractivity contribution is -0.119. The first-order valence-corrected chi connectivity index (χ1v) is 6.98.